The number of nitrogens with one attached hydrogen (secondary N) is 1. The van der Waals surface area contributed by atoms with Crippen LogP contribution in [0.4, 0.5) is 18.0 Å². The van der Waals surface area contributed by atoms with Gasteiger partial charge >= 0.3 is 12.2 Å². The van der Waals surface area contributed by atoms with Gasteiger partial charge in [-0.2, -0.15) is 18.3 Å². The first-order chi connectivity index (χ1) is 13.6. The Balaban J connectivity index is 1.57. The summed E-state index contributed by atoms with van der Waals surface area (Å²) in [5.41, 5.74) is 1.82. The van der Waals surface area contributed by atoms with E-state index in [4.69, 9.17) is 0 Å². The summed E-state index contributed by atoms with van der Waals surface area (Å²) in [4.78, 5) is 44.2. The second-order valence-electron chi connectivity index (χ2n) is 6.50. The van der Waals surface area contributed by atoms with Crippen molar-refractivity contribution in [1.29, 1.82) is 0 Å². The Morgan fingerprint density at radius 2 is 1.90 bits per heavy atom. The molecule has 12 heteroatoms. The SMILES string of the molecule is CN1C(=O)C2C(N=CN2CC(=O)N/N=C/c2ccc(C(F)(F)F)cc2)N(C)C1=O. The fourth-order valence-corrected chi connectivity index (χ4v) is 2.98. The van der Waals surface area contributed by atoms with Crippen LogP contribution < -0.4 is 5.43 Å². The predicted molar refractivity (Wildman–Crippen MR) is 95.9 cm³/mol. The number of carbonyl (C=O) groups excluding carboxylic acids is 3. The molecule has 9 nitrogen and oxygen atoms in total. The van der Waals surface area contributed by atoms with Crippen LogP contribution in [0.15, 0.2) is 34.4 Å². The largest absolute Gasteiger partial charge is 0.416 e. The number of fused-ring (bicyclic) bond motifs is 1. The van der Waals surface area contributed by atoms with Crippen molar-refractivity contribution in [1.82, 2.24) is 20.1 Å². The number of amides is 4. The van der Waals surface area contributed by atoms with Crippen molar-refractivity contribution in [3.63, 3.8) is 0 Å². The normalized spacial score (nSPS) is 21.9. The molecule has 0 saturated carbocycles. The minimum Gasteiger partial charge on any atom is -0.338 e. The molecule has 0 bridgehead atoms. The van der Waals surface area contributed by atoms with E-state index in [0.29, 0.717) is 5.56 Å². The van der Waals surface area contributed by atoms with Crippen LogP contribution >= 0.6 is 0 Å². The number of hydrazone groups is 1. The average molecular weight is 410 g/mol. The monoisotopic (exact) mass is 410 g/mol. The number of nitrogens with zero attached hydrogens (tertiary/aromatic N) is 5. The van der Waals surface area contributed by atoms with Gasteiger partial charge in [-0.1, -0.05) is 12.1 Å². The van der Waals surface area contributed by atoms with E-state index in [9.17, 15) is 27.6 Å². The molecule has 2 heterocycles. The third-order valence-corrected chi connectivity index (χ3v) is 4.54. The molecule has 1 N–H and O–H groups in total. The fraction of sp³-hybridized carbons (Fsp3) is 0.353. The highest BCUT2D eigenvalue weighted by Gasteiger charge is 2.48. The van der Waals surface area contributed by atoms with Crippen molar-refractivity contribution in [2.24, 2.45) is 10.1 Å². The van der Waals surface area contributed by atoms with E-state index in [2.05, 4.69) is 15.5 Å². The smallest absolute Gasteiger partial charge is 0.338 e. The Bertz CT molecular complexity index is 883. The number of aliphatic imine (C=N–C) groups is 1. The second-order valence-corrected chi connectivity index (χ2v) is 6.50. The molecule has 0 spiro atoms. The number of likely N-dealkylation sites (N-methyl/N-ethyl adjacent to an activating group) is 2. The number of rotatable bonds is 4. The number of alkyl halides is 3. The van der Waals surface area contributed by atoms with Crippen LogP contribution in [0.25, 0.3) is 0 Å². The average Bonchev–Trinajstić information content (AvgIpc) is 3.08. The number of hydrogen-bond acceptors (Lipinski definition) is 6. The summed E-state index contributed by atoms with van der Waals surface area (Å²) < 4.78 is 37.6. The number of urea groups is 1. The molecule has 0 aliphatic carbocycles. The number of hydrogen-bond donors (Lipinski definition) is 1. The van der Waals surface area contributed by atoms with Gasteiger partial charge in [0.2, 0.25) is 0 Å². The van der Waals surface area contributed by atoms with E-state index >= 15 is 0 Å². The van der Waals surface area contributed by atoms with Gasteiger partial charge in [-0.15, -0.1) is 0 Å². The van der Waals surface area contributed by atoms with Crippen molar-refractivity contribution in [3.05, 3.63) is 35.4 Å². The molecule has 2 aliphatic rings. The van der Waals surface area contributed by atoms with E-state index in [1.807, 2.05) is 0 Å². The van der Waals surface area contributed by atoms with Crippen molar-refractivity contribution in [2.75, 3.05) is 20.6 Å². The predicted octanol–water partition coefficient (Wildman–Crippen LogP) is 0.718. The van der Waals surface area contributed by atoms with E-state index in [0.717, 1.165) is 17.0 Å². The summed E-state index contributed by atoms with van der Waals surface area (Å²) in [7, 11) is 2.86. The zero-order valence-electron chi connectivity index (χ0n) is 15.4. The lowest BCUT2D eigenvalue weighted by Crippen LogP contribution is -2.64. The number of imide groups is 1. The lowest BCUT2D eigenvalue weighted by atomic mass is 10.1. The van der Waals surface area contributed by atoms with Crippen LogP contribution in [-0.4, -0.2) is 77.9 Å². The topological polar surface area (TPSA) is 97.7 Å². The van der Waals surface area contributed by atoms with E-state index in [1.165, 1.54) is 48.6 Å². The highest BCUT2D eigenvalue weighted by atomic mass is 19.4. The van der Waals surface area contributed by atoms with Crippen LogP contribution in [0, 0.1) is 0 Å². The first-order valence-corrected chi connectivity index (χ1v) is 8.42. The van der Waals surface area contributed by atoms with Crippen LogP contribution in [0.3, 0.4) is 0 Å². The highest BCUT2D eigenvalue weighted by molar-refractivity contribution is 6.02. The summed E-state index contributed by atoms with van der Waals surface area (Å²) in [6.45, 7) is -0.239. The van der Waals surface area contributed by atoms with Gasteiger partial charge in [-0.05, 0) is 17.7 Å². The van der Waals surface area contributed by atoms with E-state index in [-0.39, 0.29) is 6.54 Å². The first kappa shape index (κ1) is 20.3. The molecule has 2 aliphatic heterocycles. The molecule has 2 unspecified atom stereocenters. The molecular weight excluding hydrogens is 393 g/mol. The van der Waals surface area contributed by atoms with Crippen molar-refractivity contribution in [2.45, 2.75) is 18.4 Å². The maximum atomic E-state index is 12.5. The van der Waals surface area contributed by atoms with Gasteiger partial charge < -0.3 is 9.80 Å². The molecule has 154 valence electrons. The molecule has 1 saturated heterocycles. The maximum absolute atomic E-state index is 12.5. The molecule has 3 rings (SSSR count). The summed E-state index contributed by atoms with van der Waals surface area (Å²) in [6.07, 6.45) is -2.61. The lowest BCUT2D eigenvalue weighted by molar-refractivity contribution is -0.138. The standard InChI is InChI=1S/C17H17F3N6O3/c1-24-14-13(15(28)25(2)16(24)29)26(9-21-14)8-12(27)23-22-7-10-3-5-11(6-4-10)17(18,19)20/h3-7,9,13-14H,8H2,1-2H3,(H,23,27)/b22-7+. The minimum atomic E-state index is -4.43. The molecule has 1 aromatic carbocycles. The third-order valence-electron chi connectivity index (χ3n) is 4.54. The van der Waals surface area contributed by atoms with Crippen molar-refractivity contribution < 1.29 is 27.6 Å². The zero-order valence-corrected chi connectivity index (χ0v) is 15.4. The Morgan fingerprint density at radius 1 is 1.24 bits per heavy atom. The van der Waals surface area contributed by atoms with Crippen molar-refractivity contribution in [3.8, 4) is 0 Å². The summed E-state index contributed by atoms with van der Waals surface area (Å²) in [5.74, 6) is -1.04. The maximum Gasteiger partial charge on any atom is 0.416 e. The Kier molecular flexibility index (Phi) is 5.27. The van der Waals surface area contributed by atoms with Gasteiger partial charge in [0, 0.05) is 14.1 Å². The quantitative estimate of drug-likeness (QED) is 0.584. The van der Waals surface area contributed by atoms with Crippen LogP contribution in [-0.2, 0) is 15.8 Å². The third kappa shape index (κ3) is 4.05. The summed E-state index contributed by atoms with van der Waals surface area (Å²) in [6, 6.07) is 2.97. The van der Waals surface area contributed by atoms with Gasteiger partial charge in [-0.25, -0.2) is 15.2 Å². The molecular formula is C17H17F3N6O3. The molecule has 1 aromatic rings. The van der Waals surface area contributed by atoms with Crippen LogP contribution in [0.5, 0.6) is 0 Å². The number of benzene rings is 1. The van der Waals surface area contributed by atoms with Gasteiger partial charge in [0.15, 0.2) is 12.2 Å². The lowest BCUT2D eigenvalue weighted by Gasteiger charge is -2.39. The Morgan fingerprint density at radius 3 is 2.52 bits per heavy atom. The van der Waals surface area contributed by atoms with Gasteiger partial charge in [0.25, 0.3) is 11.8 Å². The first-order valence-electron chi connectivity index (χ1n) is 8.42. The van der Waals surface area contributed by atoms with E-state index < -0.39 is 41.8 Å². The summed E-state index contributed by atoms with van der Waals surface area (Å²) in [5, 5.41) is 3.70. The van der Waals surface area contributed by atoms with E-state index in [1.54, 1.807) is 0 Å². The van der Waals surface area contributed by atoms with Crippen LogP contribution in [0.2, 0.25) is 0 Å². The number of halogens is 3. The molecule has 4 amide bonds. The molecule has 2 atom stereocenters. The van der Waals surface area contributed by atoms with Crippen LogP contribution in [0.1, 0.15) is 11.1 Å². The molecule has 1 fully saturated rings. The molecule has 29 heavy (non-hydrogen) atoms. The van der Waals surface area contributed by atoms with Gasteiger partial charge in [0.05, 0.1) is 18.1 Å². The highest BCUT2D eigenvalue weighted by Crippen LogP contribution is 2.29. The second kappa shape index (κ2) is 7.53. The van der Waals surface area contributed by atoms with Gasteiger partial charge in [-0.3, -0.25) is 14.5 Å². The summed E-state index contributed by atoms with van der Waals surface area (Å²) >= 11 is 0. The molecule has 0 aromatic heterocycles. The van der Waals surface area contributed by atoms with Crippen molar-refractivity contribution >= 4 is 30.4 Å². The minimum absolute atomic E-state index is 0.239. The molecule has 0 radical (unpaired) electrons. The zero-order chi connectivity index (χ0) is 21.3. The Labute approximate surface area is 163 Å². The fourth-order valence-electron chi connectivity index (χ4n) is 2.98. The Hall–Kier alpha value is -3.44. The number of carbonyl (C=O) groups is 3. The van der Waals surface area contributed by atoms with Gasteiger partial charge in [0.1, 0.15) is 6.54 Å².